The summed E-state index contributed by atoms with van der Waals surface area (Å²) in [7, 11) is 3.70. The van der Waals surface area contributed by atoms with Crippen molar-refractivity contribution in [1.29, 1.82) is 0 Å². The maximum atomic E-state index is 11.3. The summed E-state index contributed by atoms with van der Waals surface area (Å²) in [6.07, 6.45) is 4.56. The molecule has 2 amide bonds. The van der Waals surface area contributed by atoms with E-state index in [1.807, 2.05) is 60.0 Å². The van der Waals surface area contributed by atoms with Gasteiger partial charge in [0.05, 0.1) is 0 Å². The van der Waals surface area contributed by atoms with Crippen LogP contribution in [0.5, 0.6) is 0 Å². The van der Waals surface area contributed by atoms with Gasteiger partial charge in [0.15, 0.2) is 0 Å². The number of likely N-dealkylation sites (tertiary alicyclic amines) is 1. The lowest BCUT2D eigenvalue weighted by molar-refractivity contribution is -0.131. The van der Waals surface area contributed by atoms with Crippen molar-refractivity contribution in [2.45, 2.75) is 59.8 Å². The molecule has 2 aliphatic rings. The summed E-state index contributed by atoms with van der Waals surface area (Å²) in [5.41, 5.74) is 2.34. The van der Waals surface area contributed by atoms with Gasteiger partial charge in [0.1, 0.15) is 0 Å². The molecule has 1 fully saturated rings. The first-order valence-corrected chi connectivity index (χ1v) is 9.18. The zero-order valence-corrected chi connectivity index (χ0v) is 16.3. The van der Waals surface area contributed by atoms with E-state index in [0.717, 1.165) is 31.5 Å². The third kappa shape index (κ3) is 6.73. The number of aryl methyl sites for hydroxylation is 1. The lowest BCUT2D eigenvalue weighted by atomic mass is 10.0. The highest BCUT2D eigenvalue weighted by Gasteiger charge is 2.19. The molecule has 1 saturated heterocycles. The molecular weight excluding hydrogens is 300 g/mol. The van der Waals surface area contributed by atoms with Gasteiger partial charge in [-0.3, -0.25) is 9.59 Å². The molecule has 1 aromatic carbocycles. The average Bonchev–Trinajstić information content (AvgIpc) is 2.65. The molecule has 0 N–H and O–H groups in total. The molecular formula is C20H34N2O2. The number of hydrogen-bond acceptors (Lipinski definition) is 2. The van der Waals surface area contributed by atoms with Crippen LogP contribution in [0.15, 0.2) is 24.3 Å². The fourth-order valence-corrected chi connectivity index (χ4v) is 2.53. The van der Waals surface area contributed by atoms with Crippen LogP contribution in [0.3, 0.4) is 0 Å². The van der Waals surface area contributed by atoms with Gasteiger partial charge < -0.3 is 9.80 Å². The second-order valence-electron chi connectivity index (χ2n) is 5.35. The third-order valence-corrected chi connectivity index (χ3v) is 3.90. The van der Waals surface area contributed by atoms with E-state index in [-0.39, 0.29) is 5.91 Å². The van der Waals surface area contributed by atoms with Crippen LogP contribution in [0.25, 0.3) is 0 Å². The Hall–Kier alpha value is -1.84. The Kier molecular flexibility index (Phi) is 11.6. The number of carbonyl (C=O) groups excluding carboxylic acids is 2. The molecule has 0 aliphatic carbocycles. The molecule has 2 heterocycles. The highest BCUT2D eigenvalue weighted by Crippen LogP contribution is 2.25. The number of nitrogens with zero attached hydrogens (tertiary/aromatic N) is 2. The number of rotatable bonds is 0. The van der Waals surface area contributed by atoms with Gasteiger partial charge in [-0.1, -0.05) is 45.9 Å². The Morgan fingerprint density at radius 2 is 1.42 bits per heavy atom. The topological polar surface area (TPSA) is 40.6 Å². The molecule has 3 rings (SSSR count). The largest absolute Gasteiger partial charge is 0.346 e. The van der Waals surface area contributed by atoms with Crippen LogP contribution >= 0.6 is 0 Å². The monoisotopic (exact) mass is 334 g/mol. The van der Waals surface area contributed by atoms with Crippen LogP contribution in [-0.2, 0) is 16.0 Å². The van der Waals surface area contributed by atoms with Crippen molar-refractivity contribution in [1.82, 2.24) is 4.90 Å². The molecule has 2 aliphatic heterocycles. The number of carbonyl (C=O) groups is 2. The number of amides is 2. The zero-order chi connectivity index (χ0) is 18.5. The normalized spacial score (nSPS) is 15.8. The van der Waals surface area contributed by atoms with Gasteiger partial charge in [-0.15, -0.1) is 0 Å². The quantitative estimate of drug-likeness (QED) is 0.710. The van der Waals surface area contributed by atoms with Crippen molar-refractivity contribution in [3.05, 3.63) is 29.8 Å². The van der Waals surface area contributed by atoms with Crippen LogP contribution in [0, 0.1) is 0 Å². The van der Waals surface area contributed by atoms with Gasteiger partial charge in [-0.25, -0.2) is 0 Å². The van der Waals surface area contributed by atoms with E-state index < -0.39 is 0 Å². The third-order valence-electron chi connectivity index (χ3n) is 3.90. The van der Waals surface area contributed by atoms with Crippen molar-refractivity contribution in [3.63, 3.8) is 0 Å². The summed E-state index contributed by atoms with van der Waals surface area (Å²) in [4.78, 5) is 25.5. The number of fused-ring (bicyclic) bond motifs is 1. The highest BCUT2D eigenvalue weighted by atomic mass is 16.2. The van der Waals surface area contributed by atoms with Crippen molar-refractivity contribution in [3.8, 4) is 0 Å². The molecule has 0 atom stereocenters. The smallest absolute Gasteiger partial charge is 0.227 e. The second kappa shape index (κ2) is 12.6. The first kappa shape index (κ1) is 22.2. The van der Waals surface area contributed by atoms with E-state index in [2.05, 4.69) is 6.07 Å². The lowest BCUT2D eigenvalue weighted by Crippen LogP contribution is -2.31. The minimum absolute atomic E-state index is 0.216. The average molecular weight is 335 g/mol. The van der Waals surface area contributed by atoms with Gasteiger partial charge in [0.25, 0.3) is 0 Å². The predicted octanol–water partition coefficient (Wildman–Crippen LogP) is 4.28. The molecule has 24 heavy (non-hydrogen) atoms. The first-order chi connectivity index (χ1) is 11.6. The van der Waals surface area contributed by atoms with Crippen LogP contribution in [0.4, 0.5) is 5.69 Å². The van der Waals surface area contributed by atoms with Crippen molar-refractivity contribution in [2.24, 2.45) is 0 Å². The highest BCUT2D eigenvalue weighted by molar-refractivity contribution is 5.95. The van der Waals surface area contributed by atoms with Crippen LogP contribution in [0.2, 0.25) is 0 Å². The number of benzene rings is 1. The fourth-order valence-electron chi connectivity index (χ4n) is 2.53. The molecule has 4 heteroatoms. The summed E-state index contributed by atoms with van der Waals surface area (Å²) in [5, 5.41) is 0. The molecule has 4 nitrogen and oxygen atoms in total. The van der Waals surface area contributed by atoms with Crippen LogP contribution in [-0.4, -0.2) is 37.4 Å². The van der Waals surface area contributed by atoms with Crippen molar-refractivity contribution >= 4 is 17.5 Å². The summed E-state index contributed by atoms with van der Waals surface area (Å²) in [6.45, 7) is 8.96. The molecule has 0 radical (unpaired) electrons. The molecule has 0 aromatic heterocycles. The predicted molar refractivity (Wildman–Crippen MR) is 102 cm³/mol. The minimum Gasteiger partial charge on any atom is -0.346 e. The molecule has 0 unspecified atom stereocenters. The Bertz CT molecular complexity index is 500. The van der Waals surface area contributed by atoms with Crippen molar-refractivity contribution in [2.75, 3.05) is 25.5 Å². The van der Waals surface area contributed by atoms with Gasteiger partial charge in [0, 0.05) is 39.2 Å². The Morgan fingerprint density at radius 1 is 0.792 bits per heavy atom. The van der Waals surface area contributed by atoms with Gasteiger partial charge in [-0.2, -0.15) is 0 Å². The zero-order valence-electron chi connectivity index (χ0n) is 16.3. The SMILES string of the molecule is CC.CC.CN1C(=O)CCc2ccccc21.CN1CCCCC1=O. The maximum Gasteiger partial charge on any atom is 0.227 e. The Labute approximate surface area is 147 Å². The number of para-hydroxylation sites is 1. The summed E-state index contributed by atoms with van der Waals surface area (Å²) in [6, 6.07) is 8.06. The standard InChI is InChI=1S/C10H11NO.C6H11NO.2C2H6/c1-11-9-5-3-2-4-8(9)6-7-10(11)12;1-7-5-3-2-4-6(7)8;2*1-2/h2-5H,6-7H2,1H3;2-5H2,1H3;2*1-2H3. The lowest BCUT2D eigenvalue weighted by Gasteiger charge is -2.25. The van der Waals surface area contributed by atoms with Crippen molar-refractivity contribution < 1.29 is 9.59 Å². The molecule has 1 aromatic rings. The van der Waals surface area contributed by atoms with E-state index in [0.29, 0.717) is 12.3 Å². The molecule has 136 valence electrons. The number of piperidine rings is 1. The molecule has 0 saturated carbocycles. The summed E-state index contributed by atoms with van der Waals surface area (Å²) >= 11 is 0. The Morgan fingerprint density at radius 3 is 1.96 bits per heavy atom. The van der Waals surface area contributed by atoms with E-state index in [1.54, 1.807) is 9.80 Å². The molecule has 0 spiro atoms. The summed E-state index contributed by atoms with van der Waals surface area (Å²) < 4.78 is 0. The summed E-state index contributed by atoms with van der Waals surface area (Å²) in [5.74, 6) is 0.518. The second-order valence-corrected chi connectivity index (χ2v) is 5.35. The Balaban J connectivity index is 0.000000385. The number of hydrogen-bond donors (Lipinski definition) is 0. The molecule has 0 bridgehead atoms. The first-order valence-electron chi connectivity index (χ1n) is 9.18. The van der Waals surface area contributed by atoms with E-state index in [4.69, 9.17) is 0 Å². The minimum atomic E-state index is 0.216. The van der Waals surface area contributed by atoms with Gasteiger partial charge >= 0.3 is 0 Å². The van der Waals surface area contributed by atoms with Crippen LogP contribution < -0.4 is 4.90 Å². The van der Waals surface area contributed by atoms with E-state index in [9.17, 15) is 9.59 Å². The van der Waals surface area contributed by atoms with E-state index in [1.165, 1.54) is 12.0 Å². The van der Waals surface area contributed by atoms with E-state index >= 15 is 0 Å². The maximum absolute atomic E-state index is 11.3. The van der Waals surface area contributed by atoms with Gasteiger partial charge in [0.2, 0.25) is 11.8 Å². The fraction of sp³-hybridized carbons (Fsp3) is 0.600. The van der Waals surface area contributed by atoms with Crippen LogP contribution in [0.1, 0.15) is 58.9 Å². The number of anilines is 1. The van der Waals surface area contributed by atoms with Gasteiger partial charge in [-0.05, 0) is 30.9 Å².